The molecule has 0 saturated carbocycles. The Morgan fingerprint density at radius 2 is 2.11 bits per heavy atom. The van der Waals surface area contributed by atoms with E-state index in [0.29, 0.717) is 13.0 Å². The molecule has 0 aliphatic carbocycles. The van der Waals surface area contributed by atoms with Crippen LogP contribution in [0.25, 0.3) is 0 Å². The largest absolute Gasteiger partial charge is 0.444 e. The van der Waals surface area contributed by atoms with Gasteiger partial charge < -0.3 is 9.64 Å². The van der Waals surface area contributed by atoms with Crippen LogP contribution in [0.2, 0.25) is 0 Å². The Kier molecular flexibility index (Phi) is 4.42. The first-order chi connectivity index (χ1) is 8.14. The molecule has 6 heteroatoms. The average Bonchev–Trinajstić information content (AvgIpc) is 2.52. The molecule has 0 bridgehead atoms. The predicted molar refractivity (Wildman–Crippen MR) is 70.2 cm³/mol. The van der Waals surface area contributed by atoms with Gasteiger partial charge in [-0.2, -0.15) is 0 Å². The van der Waals surface area contributed by atoms with E-state index in [1.807, 2.05) is 0 Å². The molecule has 1 heterocycles. The Hall–Kier alpha value is -1.04. The van der Waals surface area contributed by atoms with E-state index >= 15 is 0 Å². The van der Waals surface area contributed by atoms with Gasteiger partial charge in [0.25, 0.3) is 0 Å². The summed E-state index contributed by atoms with van der Waals surface area (Å²) in [6.07, 6.45) is 1.56. The van der Waals surface area contributed by atoms with Crippen molar-refractivity contribution < 1.29 is 17.9 Å². The van der Waals surface area contributed by atoms with Crippen LogP contribution >= 0.6 is 0 Å². The molecule has 1 fully saturated rings. The smallest absolute Gasteiger partial charge is 0.410 e. The maximum absolute atomic E-state index is 12.0. The van der Waals surface area contributed by atoms with Crippen molar-refractivity contribution in [3.05, 3.63) is 12.7 Å². The molecule has 0 N–H and O–H groups in total. The summed E-state index contributed by atoms with van der Waals surface area (Å²) in [5.41, 5.74) is -0.589. The molecule has 1 rings (SSSR count). The molecule has 0 aromatic rings. The first kappa shape index (κ1) is 15.0. The van der Waals surface area contributed by atoms with Crippen LogP contribution < -0.4 is 0 Å². The van der Waals surface area contributed by atoms with Gasteiger partial charge >= 0.3 is 6.09 Å². The van der Waals surface area contributed by atoms with Gasteiger partial charge in [-0.25, -0.2) is 13.2 Å². The van der Waals surface area contributed by atoms with Gasteiger partial charge in [0.2, 0.25) is 0 Å². The average molecular weight is 275 g/mol. The lowest BCUT2D eigenvalue weighted by Crippen LogP contribution is -2.44. The van der Waals surface area contributed by atoms with Gasteiger partial charge in [-0.05, 0) is 27.2 Å². The van der Waals surface area contributed by atoms with Gasteiger partial charge in [0.15, 0.2) is 9.84 Å². The van der Waals surface area contributed by atoms with E-state index in [2.05, 4.69) is 6.58 Å². The zero-order chi connectivity index (χ0) is 14.0. The first-order valence-corrected chi connectivity index (χ1v) is 7.78. The van der Waals surface area contributed by atoms with Crippen LogP contribution in [0.15, 0.2) is 12.7 Å². The lowest BCUT2D eigenvalue weighted by Gasteiger charge is -2.30. The number of sulfone groups is 1. The molecule has 1 aliphatic rings. The fraction of sp³-hybridized carbons (Fsp3) is 0.750. The highest BCUT2D eigenvalue weighted by atomic mass is 32.2. The second-order valence-corrected chi connectivity index (χ2v) is 7.71. The quantitative estimate of drug-likeness (QED) is 0.734. The number of amides is 1. The summed E-state index contributed by atoms with van der Waals surface area (Å²) in [6.45, 7) is 9.23. The minimum Gasteiger partial charge on any atom is -0.444 e. The highest BCUT2D eigenvalue weighted by Gasteiger charge is 2.35. The predicted octanol–water partition coefficient (Wildman–Crippen LogP) is 1.60. The zero-order valence-corrected chi connectivity index (χ0v) is 12.0. The summed E-state index contributed by atoms with van der Waals surface area (Å²) in [7, 11) is -3.02. The van der Waals surface area contributed by atoms with Gasteiger partial charge in [-0.3, -0.25) is 0 Å². The summed E-state index contributed by atoms with van der Waals surface area (Å²) in [4.78, 5) is 13.5. The Labute approximate surface area is 109 Å². The van der Waals surface area contributed by atoms with Crippen molar-refractivity contribution in [2.45, 2.75) is 38.8 Å². The third kappa shape index (κ3) is 4.33. The van der Waals surface area contributed by atoms with Crippen molar-refractivity contribution >= 4 is 15.9 Å². The van der Waals surface area contributed by atoms with Crippen LogP contribution in [-0.2, 0) is 14.6 Å². The Morgan fingerprint density at radius 1 is 1.50 bits per heavy atom. The van der Waals surface area contributed by atoms with Crippen molar-refractivity contribution in [2.75, 3.05) is 18.1 Å². The van der Waals surface area contributed by atoms with Crippen LogP contribution in [0.4, 0.5) is 4.79 Å². The van der Waals surface area contributed by atoms with E-state index < -0.39 is 21.5 Å². The molecule has 0 aromatic carbocycles. The van der Waals surface area contributed by atoms with E-state index in [4.69, 9.17) is 4.74 Å². The van der Waals surface area contributed by atoms with E-state index in [9.17, 15) is 13.2 Å². The van der Waals surface area contributed by atoms with Gasteiger partial charge in [-0.15, -0.1) is 6.58 Å². The Morgan fingerprint density at radius 3 is 2.50 bits per heavy atom. The fourth-order valence-corrected chi connectivity index (χ4v) is 3.58. The highest BCUT2D eigenvalue weighted by Crippen LogP contribution is 2.20. The summed E-state index contributed by atoms with van der Waals surface area (Å²) in [5, 5.41) is 0. The Bertz CT molecular complexity index is 422. The monoisotopic (exact) mass is 275 g/mol. The molecule has 104 valence electrons. The molecule has 5 nitrogen and oxygen atoms in total. The van der Waals surface area contributed by atoms with Crippen LogP contribution in [0.3, 0.4) is 0 Å². The standard InChI is InChI=1S/C12H21NO4S/c1-5-7-13(11(14)17-12(2,3)4)10-6-8-18(15,16)9-10/h5,10H,1,6-9H2,2-4H3. The lowest BCUT2D eigenvalue weighted by molar-refractivity contribution is 0.0208. The van der Waals surface area contributed by atoms with E-state index in [0.717, 1.165) is 0 Å². The summed E-state index contributed by atoms with van der Waals surface area (Å²) < 4.78 is 28.2. The third-order valence-corrected chi connectivity index (χ3v) is 4.35. The van der Waals surface area contributed by atoms with Crippen LogP contribution in [0, 0.1) is 0 Å². The second-order valence-electron chi connectivity index (χ2n) is 5.48. The number of ether oxygens (including phenoxy) is 1. The minimum atomic E-state index is -3.02. The molecule has 1 aliphatic heterocycles. The molecular formula is C12H21NO4S. The van der Waals surface area contributed by atoms with Crippen molar-refractivity contribution in [1.82, 2.24) is 4.90 Å². The van der Waals surface area contributed by atoms with E-state index in [1.165, 1.54) is 4.90 Å². The van der Waals surface area contributed by atoms with Gasteiger partial charge in [-0.1, -0.05) is 6.08 Å². The topological polar surface area (TPSA) is 63.7 Å². The van der Waals surface area contributed by atoms with Crippen molar-refractivity contribution in [3.63, 3.8) is 0 Å². The second kappa shape index (κ2) is 5.30. The molecular weight excluding hydrogens is 254 g/mol. The lowest BCUT2D eigenvalue weighted by atomic mass is 10.2. The molecule has 1 saturated heterocycles. The maximum Gasteiger partial charge on any atom is 0.410 e. The minimum absolute atomic E-state index is 0.0140. The number of carbonyl (C=O) groups is 1. The number of carbonyl (C=O) groups excluding carboxylic acids is 1. The van der Waals surface area contributed by atoms with E-state index in [1.54, 1.807) is 26.8 Å². The summed E-state index contributed by atoms with van der Waals surface area (Å²) in [6, 6.07) is -0.303. The SMILES string of the molecule is C=CCN(C(=O)OC(C)(C)C)C1CCS(=O)(=O)C1. The van der Waals surface area contributed by atoms with E-state index in [-0.39, 0.29) is 17.5 Å². The number of rotatable bonds is 3. The Balaban J connectivity index is 2.77. The number of hydrogen-bond acceptors (Lipinski definition) is 4. The molecule has 0 spiro atoms. The van der Waals surface area contributed by atoms with Crippen molar-refractivity contribution in [2.24, 2.45) is 0 Å². The number of nitrogens with zero attached hydrogens (tertiary/aromatic N) is 1. The molecule has 1 unspecified atom stereocenters. The molecule has 0 aromatic heterocycles. The third-order valence-electron chi connectivity index (χ3n) is 2.60. The van der Waals surface area contributed by atoms with Crippen molar-refractivity contribution in [3.8, 4) is 0 Å². The van der Waals surface area contributed by atoms with Crippen LogP contribution in [-0.4, -0.2) is 49.1 Å². The van der Waals surface area contributed by atoms with Crippen LogP contribution in [0.5, 0.6) is 0 Å². The van der Waals surface area contributed by atoms with Crippen LogP contribution in [0.1, 0.15) is 27.2 Å². The number of hydrogen-bond donors (Lipinski definition) is 0. The molecule has 0 radical (unpaired) electrons. The zero-order valence-electron chi connectivity index (χ0n) is 11.2. The summed E-state index contributed by atoms with van der Waals surface area (Å²) in [5.74, 6) is 0.147. The first-order valence-electron chi connectivity index (χ1n) is 5.95. The molecule has 1 amide bonds. The van der Waals surface area contributed by atoms with Gasteiger partial charge in [0, 0.05) is 6.54 Å². The van der Waals surface area contributed by atoms with Gasteiger partial charge in [0.05, 0.1) is 17.5 Å². The van der Waals surface area contributed by atoms with Gasteiger partial charge in [0.1, 0.15) is 5.60 Å². The van der Waals surface area contributed by atoms with Crippen molar-refractivity contribution in [1.29, 1.82) is 0 Å². The maximum atomic E-state index is 12.0. The highest BCUT2D eigenvalue weighted by molar-refractivity contribution is 7.91. The molecule has 18 heavy (non-hydrogen) atoms. The summed E-state index contributed by atoms with van der Waals surface area (Å²) >= 11 is 0. The normalized spacial score (nSPS) is 22.5. The molecule has 1 atom stereocenters. The fourth-order valence-electron chi connectivity index (χ4n) is 1.85.